The molecule has 0 radical (unpaired) electrons. The topological polar surface area (TPSA) is 68.1 Å². The zero-order valence-electron chi connectivity index (χ0n) is 10.0. The fourth-order valence-electron chi connectivity index (χ4n) is 1.63. The van der Waals surface area contributed by atoms with Crippen molar-refractivity contribution in [2.75, 3.05) is 0 Å². The average Bonchev–Trinajstić information content (AvgIpc) is 2.41. The lowest BCUT2D eigenvalue weighted by molar-refractivity contribution is -0.384. The summed E-state index contributed by atoms with van der Waals surface area (Å²) in [4.78, 5) is 14.5. The number of rotatable bonds is 5. The summed E-state index contributed by atoms with van der Waals surface area (Å²) in [5.41, 5.74) is 1.92. The zero-order valence-corrected chi connectivity index (χ0v) is 11.6. The molecule has 1 aromatic heterocycles. The summed E-state index contributed by atoms with van der Waals surface area (Å²) in [6.07, 6.45) is 1.74. The number of pyridine rings is 1. The van der Waals surface area contributed by atoms with Crippen LogP contribution >= 0.6 is 15.9 Å². The number of halogens is 1. The van der Waals surface area contributed by atoms with E-state index in [9.17, 15) is 10.1 Å². The molecular formula is C13H12BrN3O2. The Labute approximate surface area is 119 Å². The van der Waals surface area contributed by atoms with Crippen molar-refractivity contribution >= 4 is 21.6 Å². The van der Waals surface area contributed by atoms with Crippen molar-refractivity contribution in [2.45, 2.75) is 13.1 Å². The molecule has 0 saturated heterocycles. The minimum absolute atomic E-state index is 0.112. The molecule has 0 bridgehead atoms. The van der Waals surface area contributed by atoms with Gasteiger partial charge in [-0.1, -0.05) is 12.1 Å². The van der Waals surface area contributed by atoms with E-state index in [4.69, 9.17) is 0 Å². The molecule has 6 heteroatoms. The van der Waals surface area contributed by atoms with Crippen LogP contribution in [0, 0.1) is 10.1 Å². The van der Waals surface area contributed by atoms with Crippen LogP contribution in [0.25, 0.3) is 0 Å². The van der Waals surface area contributed by atoms with Crippen LogP contribution in [0.2, 0.25) is 0 Å². The van der Waals surface area contributed by atoms with Crippen molar-refractivity contribution < 1.29 is 4.92 Å². The quantitative estimate of drug-likeness (QED) is 0.679. The molecule has 1 heterocycles. The Morgan fingerprint density at radius 3 is 2.79 bits per heavy atom. The van der Waals surface area contributed by atoms with Gasteiger partial charge in [0.15, 0.2) is 0 Å². The Morgan fingerprint density at radius 2 is 2.11 bits per heavy atom. The number of nitro groups is 1. The van der Waals surface area contributed by atoms with Crippen molar-refractivity contribution in [3.8, 4) is 0 Å². The highest BCUT2D eigenvalue weighted by Crippen LogP contribution is 2.13. The number of nitrogens with one attached hydrogen (secondary N) is 1. The van der Waals surface area contributed by atoms with Crippen LogP contribution in [0.3, 0.4) is 0 Å². The first kappa shape index (κ1) is 13.6. The van der Waals surface area contributed by atoms with E-state index in [0.29, 0.717) is 13.1 Å². The maximum atomic E-state index is 10.7. The maximum absolute atomic E-state index is 10.7. The normalized spacial score (nSPS) is 10.4. The third-order valence-corrected chi connectivity index (χ3v) is 3.01. The van der Waals surface area contributed by atoms with Gasteiger partial charge >= 0.3 is 0 Å². The van der Waals surface area contributed by atoms with E-state index in [1.54, 1.807) is 18.3 Å². The van der Waals surface area contributed by atoms with Gasteiger partial charge < -0.3 is 5.32 Å². The number of aromatic nitrogens is 1. The number of nitro benzene ring substituents is 1. The SMILES string of the molecule is O=[N+]([O-])c1cccc(CNCc2ccc(Br)cn2)c1. The minimum atomic E-state index is -0.389. The molecule has 2 aromatic rings. The lowest BCUT2D eigenvalue weighted by Crippen LogP contribution is -2.13. The van der Waals surface area contributed by atoms with E-state index in [0.717, 1.165) is 15.7 Å². The first-order chi connectivity index (χ1) is 9.15. The van der Waals surface area contributed by atoms with Crippen LogP contribution < -0.4 is 5.32 Å². The molecule has 98 valence electrons. The van der Waals surface area contributed by atoms with Gasteiger partial charge in [0, 0.05) is 35.9 Å². The van der Waals surface area contributed by atoms with Crippen molar-refractivity contribution in [3.05, 3.63) is 68.4 Å². The molecule has 5 nitrogen and oxygen atoms in total. The monoisotopic (exact) mass is 321 g/mol. The summed E-state index contributed by atoms with van der Waals surface area (Å²) in [6.45, 7) is 1.19. The van der Waals surface area contributed by atoms with E-state index in [1.807, 2.05) is 18.2 Å². The maximum Gasteiger partial charge on any atom is 0.269 e. The van der Waals surface area contributed by atoms with Crippen molar-refractivity contribution in [2.24, 2.45) is 0 Å². The van der Waals surface area contributed by atoms with Gasteiger partial charge in [0.25, 0.3) is 5.69 Å². The number of hydrogen-bond acceptors (Lipinski definition) is 4. The molecule has 0 fully saturated rings. The van der Waals surface area contributed by atoms with E-state index in [-0.39, 0.29) is 10.6 Å². The highest BCUT2D eigenvalue weighted by atomic mass is 79.9. The molecular weight excluding hydrogens is 310 g/mol. The summed E-state index contributed by atoms with van der Waals surface area (Å²) >= 11 is 3.33. The van der Waals surface area contributed by atoms with Gasteiger partial charge in [0.05, 0.1) is 10.6 Å². The number of hydrogen-bond donors (Lipinski definition) is 1. The molecule has 0 atom stereocenters. The molecule has 2 rings (SSSR count). The molecule has 0 amide bonds. The third kappa shape index (κ3) is 4.11. The van der Waals surface area contributed by atoms with Crippen molar-refractivity contribution in [1.29, 1.82) is 0 Å². The fourth-order valence-corrected chi connectivity index (χ4v) is 1.86. The van der Waals surface area contributed by atoms with Crippen LogP contribution in [-0.2, 0) is 13.1 Å². The van der Waals surface area contributed by atoms with Gasteiger partial charge in [-0.05, 0) is 33.6 Å². The van der Waals surface area contributed by atoms with E-state index < -0.39 is 0 Å². The largest absolute Gasteiger partial charge is 0.307 e. The van der Waals surface area contributed by atoms with Gasteiger partial charge in [-0.15, -0.1) is 0 Å². The zero-order chi connectivity index (χ0) is 13.7. The standard InChI is InChI=1S/C13H12BrN3O2/c14-11-4-5-12(16-8-11)9-15-7-10-2-1-3-13(6-10)17(18)19/h1-6,8,15H,7,9H2. The van der Waals surface area contributed by atoms with Crippen molar-refractivity contribution in [1.82, 2.24) is 10.3 Å². The molecule has 0 saturated carbocycles. The van der Waals surface area contributed by atoms with E-state index in [2.05, 4.69) is 26.2 Å². The van der Waals surface area contributed by atoms with Gasteiger partial charge in [-0.3, -0.25) is 15.1 Å². The van der Waals surface area contributed by atoms with E-state index in [1.165, 1.54) is 6.07 Å². The first-order valence-corrected chi connectivity index (χ1v) is 6.49. The van der Waals surface area contributed by atoms with Crippen LogP contribution in [0.4, 0.5) is 5.69 Å². The number of nitrogens with zero attached hydrogens (tertiary/aromatic N) is 2. The van der Waals surface area contributed by atoms with Gasteiger partial charge in [-0.25, -0.2) is 0 Å². The highest BCUT2D eigenvalue weighted by molar-refractivity contribution is 9.10. The smallest absolute Gasteiger partial charge is 0.269 e. The molecule has 0 unspecified atom stereocenters. The minimum Gasteiger partial charge on any atom is -0.307 e. The molecule has 1 N–H and O–H groups in total. The van der Waals surface area contributed by atoms with Gasteiger partial charge in [-0.2, -0.15) is 0 Å². The molecule has 0 spiro atoms. The Morgan fingerprint density at radius 1 is 1.26 bits per heavy atom. The Balaban J connectivity index is 1.90. The summed E-state index contributed by atoms with van der Waals surface area (Å²) in [5.74, 6) is 0. The molecule has 0 aliphatic heterocycles. The van der Waals surface area contributed by atoms with Crippen molar-refractivity contribution in [3.63, 3.8) is 0 Å². The first-order valence-electron chi connectivity index (χ1n) is 5.69. The van der Waals surface area contributed by atoms with E-state index >= 15 is 0 Å². The second-order valence-electron chi connectivity index (χ2n) is 4.00. The van der Waals surface area contributed by atoms with Crippen LogP contribution in [0.5, 0.6) is 0 Å². The summed E-state index contributed by atoms with van der Waals surface area (Å²) in [7, 11) is 0. The Kier molecular flexibility index (Phi) is 4.59. The summed E-state index contributed by atoms with van der Waals surface area (Å²) < 4.78 is 0.940. The third-order valence-electron chi connectivity index (χ3n) is 2.55. The molecule has 1 aromatic carbocycles. The number of non-ortho nitro benzene ring substituents is 1. The van der Waals surface area contributed by atoms with Gasteiger partial charge in [0.2, 0.25) is 0 Å². The lowest BCUT2D eigenvalue weighted by atomic mass is 10.2. The fraction of sp³-hybridized carbons (Fsp3) is 0.154. The second-order valence-corrected chi connectivity index (χ2v) is 4.91. The summed E-state index contributed by atoms with van der Waals surface area (Å²) in [6, 6.07) is 10.5. The molecule has 0 aliphatic rings. The second kappa shape index (κ2) is 6.40. The van der Waals surface area contributed by atoms with Crippen LogP contribution in [-0.4, -0.2) is 9.91 Å². The molecule has 0 aliphatic carbocycles. The predicted octanol–water partition coefficient (Wildman–Crippen LogP) is 3.04. The van der Waals surface area contributed by atoms with Crippen LogP contribution in [0.1, 0.15) is 11.3 Å². The predicted molar refractivity (Wildman–Crippen MR) is 75.6 cm³/mol. The van der Waals surface area contributed by atoms with Gasteiger partial charge in [0.1, 0.15) is 0 Å². The lowest BCUT2D eigenvalue weighted by Gasteiger charge is -2.04. The molecule has 19 heavy (non-hydrogen) atoms. The number of benzene rings is 1. The highest BCUT2D eigenvalue weighted by Gasteiger charge is 2.05. The van der Waals surface area contributed by atoms with Crippen LogP contribution in [0.15, 0.2) is 47.1 Å². The Hall–Kier alpha value is -1.79. The Bertz CT molecular complexity index is 572. The average molecular weight is 322 g/mol. The summed E-state index contributed by atoms with van der Waals surface area (Å²) in [5, 5.41) is 13.9.